The number of fused-ring (bicyclic) bond motifs is 1. The highest BCUT2D eigenvalue weighted by molar-refractivity contribution is 7.99. The summed E-state index contributed by atoms with van der Waals surface area (Å²) in [6.07, 6.45) is 0. The molecule has 112 valence electrons. The smallest absolute Gasteiger partial charge is 0.258 e. The molecular formula is C16H15N3O2S. The van der Waals surface area contributed by atoms with Crippen molar-refractivity contribution in [1.82, 2.24) is 9.97 Å². The largest absolute Gasteiger partial charge is 0.430 e. The number of pyridine rings is 1. The SMILES string of the molecule is Cc1ccc2oc(SCC(=O)Nc3ccccc3C)nc2n1. The van der Waals surface area contributed by atoms with Gasteiger partial charge in [-0.25, -0.2) is 4.98 Å². The molecule has 0 aliphatic carbocycles. The fourth-order valence-electron chi connectivity index (χ4n) is 1.98. The lowest BCUT2D eigenvalue weighted by atomic mass is 10.2. The zero-order chi connectivity index (χ0) is 15.5. The van der Waals surface area contributed by atoms with Gasteiger partial charge in [-0.2, -0.15) is 4.98 Å². The predicted octanol–water partition coefficient (Wildman–Crippen LogP) is 3.57. The number of carbonyl (C=O) groups excluding carboxylic acids is 1. The van der Waals surface area contributed by atoms with Crippen molar-refractivity contribution in [2.45, 2.75) is 19.1 Å². The molecule has 0 aliphatic heterocycles. The van der Waals surface area contributed by atoms with Crippen LogP contribution in [-0.2, 0) is 4.79 Å². The molecule has 2 aromatic heterocycles. The first-order valence-electron chi connectivity index (χ1n) is 6.84. The summed E-state index contributed by atoms with van der Waals surface area (Å²) < 4.78 is 5.56. The average Bonchev–Trinajstić information content (AvgIpc) is 2.89. The van der Waals surface area contributed by atoms with E-state index in [0.29, 0.717) is 16.5 Å². The highest BCUT2D eigenvalue weighted by Crippen LogP contribution is 2.23. The van der Waals surface area contributed by atoms with Crippen molar-refractivity contribution < 1.29 is 9.21 Å². The lowest BCUT2D eigenvalue weighted by molar-refractivity contribution is -0.113. The number of carbonyl (C=O) groups is 1. The number of nitrogens with one attached hydrogen (secondary N) is 1. The Morgan fingerprint density at radius 3 is 2.82 bits per heavy atom. The molecule has 3 aromatic rings. The molecule has 0 fully saturated rings. The van der Waals surface area contributed by atoms with Crippen LogP contribution in [0.5, 0.6) is 0 Å². The number of nitrogens with zero attached hydrogens (tertiary/aromatic N) is 2. The molecule has 1 aromatic carbocycles. The minimum Gasteiger partial charge on any atom is -0.430 e. The molecule has 0 aliphatic rings. The lowest BCUT2D eigenvalue weighted by Crippen LogP contribution is -2.14. The third-order valence-corrected chi connectivity index (χ3v) is 3.95. The third-order valence-electron chi connectivity index (χ3n) is 3.12. The summed E-state index contributed by atoms with van der Waals surface area (Å²) in [5.74, 6) is 0.144. The number of benzene rings is 1. The maximum Gasteiger partial charge on any atom is 0.258 e. The van der Waals surface area contributed by atoms with E-state index in [1.807, 2.05) is 50.2 Å². The highest BCUT2D eigenvalue weighted by Gasteiger charge is 2.11. The Kier molecular flexibility index (Phi) is 4.11. The van der Waals surface area contributed by atoms with E-state index in [2.05, 4.69) is 15.3 Å². The van der Waals surface area contributed by atoms with Crippen LogP contribution in [0.1, 0.15) is 11.3 Å². The van der Waals surface area contributed by atoms with Crippen molar-refractivity contribution in [3.63, 3.8) is 0 Å². The average molecular weight is 313 g/mol. The van der Waals surface area contributed by atoms with Gasteiger partial charge in [0, 0.05) is 11.4 Å². The molecule has 0 unspecified atom stereocenters. The number of anilines is 1. The van der Waals surface area contributed by atoms with Crippen LogP contribution in [0.2, 0.25) is 0 Å². The van der Waals surface area contributed by atoms with Crippen LogP contribution in [0.15, 0.2) is 46.0 Å². The van der Waals surface area contributed by atoms with Gasteiger partial charge in [0.15, 0.2) is 11.2 Å². The Labute approximate surface area is 132 Å². The van der Waals surface area contributed by atoms with Crippen LogP contribution in [0.4, 0.5) is 5.69 Å². The molecule has 5 nitrogen and oxygen atoms in total. The number of thioether (sulfide) groups is 1. The third kappa shape index (κ3) is 3.28. The Balaban J connectivity index is 1.63. The summed E-state index contributed by atoms with van der Waals surface area (Å²) in [7, 11) is 0. The van der Waals surface area contributed by atoms with Gasteiger partial charge in [0.1, 0.15) is 0 Å². The summed E-state index contributed by atoms with van der Waals surface area (Å²) in [6, 6.07) is 11.4. The molecule has 0 saturated carbocycles. The summed E-state index contributed by atoms with van der Waals surface area (Å²) in [5, 5.41) is 3.33. The van der Waals surface area contributed by atoms with E-state index in [-0.39, 0.29) is 11.7 Å². The fourth-order valence-corrected chi connectivity index (χ4v) is 2.61. The molecule has 0 saturated heterocycles. The molecule has 0 atom stereocenters. The zero-order valence-electron chi connectivity index (χ0n) is 12.3. The highest BCUT2D eigenvalue weighted by atomic mass is 32.2. The van der Waals surface area contributed by atoms with Gasteiger partial charge in [-0.1, -0.05) is 30.0 Å². The zero-order valence-corrected chi connectivity index (χ0v) is 13.1. The van der Waals surface area contributed by atoms with Gasteiger partial charge in [-0.3, -0.25) is 4.79 Å². The standard InChI is InChI=1S/C16H15N3O2S/c1-10-5-3-4-6-12(10)18-14(20)9-22-16-19-15-13(21-16)8-7-11(2)17-15/h3-8H,9H2,1-2H3,(H,18,20). The quantitative estimate of drug-likeness (QED) is 0.746. The number of rotatable bonds is 4. The van der Waals surface area contributed by atoms with Gasteiger partial charge in [-0.15, -0.1) is 0 Å². The molecule has 2 heterocycles. The monoisotopic (exact) mass is 313 g/mol. The predicted molar refractivity (Wildman–Crippen MR) is 87.1 cm³/mol. The van der Waals surface area contributed by atoms with Crippen molar-refractivity contribution in [2.24, 2.45) is 0 Å². The van der Waals surface area contributed by atoms with Crippen LogP contribution in [0.3, 0.4) is 0 Å². The van der Waals surface area contributed by atoms with E-state index in [9.17, 15) is 4.79 Å². The molecule has 0 radical (unpaired) electrons. The van der Waals surface area contributed by atoms with Crippen molar-refractivity contribution in [2.75, 3.05) is 11.1 Å². The maximum absolute atomic E-state index is 12.0. The molecule has 6 heteroatoms. The summed E-state index contributed by atoms with van der Waals surface area (Å²) >= 11 is 1.26. The van der Waals surface area contributed by atoms with Gasteiger partial charge < -0.3 is 9.73 Å². The van der Waals surface area contributed by atoms with Crippen molar-refractivity contribution >= 4 is 34.6 Å². The normalized spacial score (nSPS) is 10.8. The number of hydrogen-bond acceptors (Lipinski definition) is 5. The van der Waals surface area contributed by atoms with E-state index >= 15 is 0 Å². The van der Waals surface area contributed by atoms with Crippen LogP contribution < -0.4 is 5.32 Å². The number of hydrogen-bond donors (Lipinski definition) is 1. The van der Waals surface area contributed by atoms with E-state index in [1.54, 1.807) is 0 Å². The minimum atomic E-state index is -0.0919. The van der Waals surface area contributed by atoms with Gasteiger partial charge in [0.2, 0.25) is 5.91 Å². The van der Waals surface area contributed by atoms with Crippen molar-refractivity contribution in [3.05, 3.63) is 47.7 Å². The molecule has 0 bridgehead atoms. The van der Waals surface area contributed by atoms with E-state index in [4.69, 9.17) is 4.42 Å². The molecule has 22 heavy (non-hydrogen) atoms. The molecule has 1 N–H and O–H groups in total. The number of para-hydroxylation sites is 1. The van der Waals surface area contributed by atoms with Crippen molar-refractivity contribution in [1.29, 1.82) is 0 Å². The van der Waals surface area contributed by atoms with Gasteiger partial charge in [-0.05, 0) is 37.6 Å². The summed E-state index contributed by atoms with van der Waals surface area (Å²) in [5.41, 5.74) is 3.94. The Bertz CT molecular complexity index is 829. The van der Waals surface area contributed by atoms with Gasteiger partial charge >= 0.3 is 0 Å². The van der Waals surface area contributed by atoms with Crippen LogP contribution >= 0.6 is 11.8 Å². The fraction of sp³-hybridized carbons (Fsp3) is 0.188. The maximum atomic E-state index is 12.0. The molecule has 3 rings (SSSR count). The van der Waals surface area contributed by atoms with Gasteiger partial charge in [0.25, 0.3) is 5.22 Å². The second kappa shape index (κ2) is 6.19. The van der Waals surface area contributed by atoms with E-state index in [0.717, 1.165) is 16.9 Å². The second-order valence-corrected chi connectivity index (χ2v) is 5.83. The number of aromatic nitrogens is 2. The van der Waals surface area contributed by atoms with E-state index in [1.165, 1.54) is 11.8 Å². The Morgan fingerprint density at radius 2 is 2.00 bits per heavy atom. The molecule has 1 amide bonds. The van der Waals surface area contributed by atoms with Gasteiger partial charge in [0.05, 0.1) is 5.75 Å². The number of amides is 1. The summed E-state index contributed by atoms with van der Waals surface area (Å²) in [4.78, 5) is 20.5. The second-order valence-electron chi connectivity index (χ2n) is 4.91. The van der Waals surface area contributed by atoms with E-state index < -0.39 is 0 Å². The Morgan fingerprint density at radius 1 is 1.18 bits per heavy atom. The first-order valence-corrected chi connectivity index (χ1v) is 7.83. The molecular weight excluding hydrogens is 298 g/mol. The molecule has 0 spiro atoms. The van der Waals surface area contributed by atoms with Crippen LogP contribution in [-0.4, -0.2) is 21.6 Å². The van der Waals surface area contributed by atoms with Crippen LogP contribution in [0, 0.1) is 13.8 Å². The number of oxazole rings is 1. The Hall–Kier alpha value is -2.34. The van der Waals surface area contributed by atoms with Crippen LogP contribution in [0.25, 0.3) is 11.2 Å². The first-order chi connectivity index (χ1) is 10.6. The van der Waals surface area contributed by atoms with Crippen molar-refractivity contribution in [3.8, 4) is 0 Å². The summed E-state index contributed by atoms with van der Waals surface area (Å²) in [6.45, 7) is 3.86. The number of aryl methyl sites for hydroxylation is 2. The minimum absolute atomic E-state index is 0.0919. The first kappa shape index (κ1) is 14.6. The topological polar surface area (TPSA) is 68.0 Å². The lowest BCUT2D eigenvalue weighted by Gasteiger charge is -2.06.